The second-order valence-electron chi connectivity index (χ2n) is 11.2. The topological polar surface area (TPSA) is 86.7 Å². The molecule has 0 aliphatic carbocycles. The molecule has 2 heterocycles. The fraction of sp³-hybridized carbons (Fsp3) is 0.367. The summed E-state index contributed by atoms with van der Waals surface area (Å²) in [6.07, 6.45) is -0.195. The monoisotopic (exact) mass is 582 g/mol. The van der Waals surface area contributed by atoms with Crippen LogP contribution in [0.25, 0.3) is 10.8 Å². The van der Waals surface area contributed by atoms with E-state index < -0.39 is 21.9 Å². The summed E-state index contributed by atoms with van der Waals surface area (Å²) in [6, 6.07) is 19.8. The first kappa shape index (κ1) is 28.0. The van der Waals surface area contributed by atoms with Gasteiger partial charge < -0.3 is 10.0 Å². The molecule has 2 unspecified atom stereocenters. The number of halogens is 1. The van der Waals surface area contributed by atoms with Crippen molar-refractivity contribution in [3.63, 3.8) is 0 Å². The Morgan fingerprint density at radius 1 is 1.10 bits per heavy atom. The van der Waals surface area contributed by atoms with Crippen molar-refractivity contribution in [1.82, 2.24) is 5.32 Å². The molecule has 2 aliphatic rings. The number of anilines is 1. The number of benzene rings is 3. The number of carboxylic acids is 1. The number of carbonyl (C=O) groups excluding carboxylic acids is 2. The van der Waals surface area contributed by atoms with E-state index >= 15 is 0 Å². The Bertz CT molecular complexity index is 1440. The normalized spacial score (nSPS) is 23.5. The fourth-order valence-electron chi connectivity index (χ4n) is 5.29. The van der Waals surface area contributed by atoms with Crippen molar-refractivity contribution in [3.8, 4) is 0 Å². The number of aliphatic carboxylic acids is 1. The molecular formula is C30H31ClN2O4S2. The second-order valence-corrected chi connectivity index (χ2v) is 14.2. The number of carboxylic acid groups (broad SMARTS) is 1. The van der Waals surface area contributed by atoms with Crippen LogP contribution in [0, 0.1) is 5.41 Å². The smallest absolute Gasteiger partial charge is 0.342 e. The summed E-state index contributed by atoms with van der Waals surface area (Å²) in [5.74, 6) is -1.38. The lowest BCUT2D eigenvalue weighted by atomic mass is 9.93. The molecule has 1 amide bonds. The summed E-state index contributed by atoms with van der Waals surface area (Å²) in [6.45, 7) is 7.05. The number of carbonyl (C=O) groups is 3. The number of fused-ring (bicyclic) bond motifs is 2. The van der Waals surface area contributed by atoms with Crippen LogP contribution in [0.15, 0.2) is 60.7 Å². The molecule has 39 heavy (non-hydrogen) atoms. The molecule has 3 aromatic carbocycles. The van der Waals surface area contributed by atoms with Crippen molar-refractivity contribution in [2.24, 2.45) is 5.41 Å². The summed E-state index contributed by atoms with van der Waals surface area (Å²) in [7, 11) is 0. The molecule has 3 aromatic rings. The van der Waals surface area contributed by atoms with Crippen molar-refractivity contribution in [1.29, 1.82) is 0 Å². The van der Waals surface area contributed by atoms with Gasteiger partial charge in [-0.05, 0) is 45.5 Å². The molecule has 0 radical (unpaired) electrons. The van der Waals surface area contributed by atoms with Gasteiger partial charge in [0.1, 0.15) is 0 Å². The minimum Gasteiger partial charge on any atom is -0.479 e. The summed E-state index contributed by atoms with van der Waals surface area (Å²) < 4.78 is 0. The summed E-state index contributed by atoms with van der Waals surface area (Å²) >= 11 is 9.03. The number of hydrogen-bond acceptors (Lipinski definition) is 6. The van der Waals surface area contributed by atoms with E-state index in [9.17, 15) is 19.5 Å². The number of nitrogens with one attached hydrogen (secondary N) is 1. The Balaban J connectivity index is 1.66. The largest absolute Gasteiger partial charge is 0.479 e. The third kappa shape index (κ3) is 5.44. The molecule has 204 valence electrons. The lowest BCUT2D eigenvalue weighted by Crippen LogP contribution is -2.53. The van der Waals surface area contributed by atoms with Crippen molar-refractivity contribution < 1.29 is 19.5 Å². The van der Waals surface area contributed by atoms with Gasteiger partial charge in [0, 0.05) is 36.0 Å². The summed E-state index contributed by atoms with van der Waals surface area (Å²) in [5.41, 5.74) is 2.46. The number of ketones is 1. The molecule has 5 rings (SSSR count). The van der Waals surface area contributed by atoms with Crippen LogP contribution in [0.1, 0.15) is 43.6 Å². The van der Waals surface area contributed by atoms with Gasteiger partial charge in [-0.2, -0.15) is 0 Å². The lowest BCUT2D eigenvalue weighted by Gasteiger charge is -2.32. The highest BCUT2D eigenvalue weighted by Crippen LogP contribution is 2.50. The third-order valence-electron chi connectivity index (χ3n) is 7.00. The predicted octanol–water partition coefficient (Wildman–Crippen LogP) is 6.15. The van der Waals surface area contributed by atoms with Gasteiger partial charge in [0.05, 0.1) is 10.5 Å². The predicted molar refractivity (Wildman–Crippen MR) is 161 cm³/mol. The molecule has 9 heteroatoms. The maximum atomic E-state index is 14.3. The van der Waals surface area contributed by atoms with Gasteiger partial charge in [0.15, 0.2) is 5.78 Å². The number of rotatable bonds is 6. The zero-order valence-electron chi connectivity index (χ0n) is 22.1. The van der Waals surface area contributed by atoms with Crippen LogP contribution in [-0.4, -0.2) is 51.7 Å². The minimum atomic E-state index is -1.73. The second kappa shape index (κ2) is 10.8. The number of amides is 1. The molecule has 2 N–H and O–H groups in total. The van der Waals surface area contributed by atoms with Crippen LogP contribution in [0.3, 0.4) is 0 Å². The third-order valence-corrected chi connectivity index (χ3v) is 10.1. The van der Waals surface area contributed by atoms with E-state index in [1.54, 1.807) is 11.0 Å². The van der Waals surface area contributed by atoms with Gasteiger partial charge in [-0.3, -0.25) is 14.9 Å². The maximum absolute atomic E-state index is 14.3. The van der Waals surface area contributed by atoms with E-state index in [1.807, 2.05) is 30.3 Å². The lowest BCUT2D eigenvalue weighted by molar-refractivity contribution is -0.145. The molecule has 0 bridgehead atoms. The molecular weight excluding hydrogens is 552 g/mol. The molecule has 6 nitrogen and oxygen atoms in total. The van der Waals surface area contributed by atoms with Gasteiger partial charge >= 0.3 is 5.97 Å². The molecule has 1 fully saturated rings. The average molecular weight is 583 g/mol. The molecule has 0 aromatic heterocycles. The van der Waals surface area contributed by atoms with Crippen LogP contribution in [0.4, 0.5) is 5.69 Å². The first-order valence-corrected chi connectivity index (χ1v) is 15.2. The van der Waals surface area contributed by atoms with E-state index in [1.165, 1.54) is 11.8 Å². The van der Waals surface area contributed by atoms with Crippen LogP contribution < -0.4 is 10.2 Å². The number of Topliss-reactive ketones (excluding diaryl/α,β-unsaturated/α-hetero) is 1. The highest BCUT2D eigenvalue weighted by molar-refractivity contribution is 8.02. The van der Waals surface area contributed by atoms with E-state index in [-0.39, 0.29) is 23.0 Å². The maximum Gasteiger partial charge on any atom is 0.342 e. The summed E-state index contributed by atoms with van der Waals surface area (Å²) in [5, 5.41) is 14.5. The average Bonchev–Trinajstić information content (AvgIpc) is 3.37. The zero-order chi connectivity index (χ0) is 27.9. The van der Waals surface area contributed by atoms with Crippen molar-refractivity contribution in [3.05, 3.63) is 76.8 Å². The molecule has 3 atom stereocenters. The SMILES string of the molecule is CC(C)(C)CN1C(=O)C(CC(=O)[C@@]2(C(=O)O)NCCS2)SC(c2cccc3ccccc23)c2cc(Cl)ccc21. The van der Waals surface area contributed by atoms with E-state index in [0.717, 1.165) is 39.3 Å². The van der Waals surface area contributed by atoms with Crippen LogP contribution >= 0.6 is 35.1 Å². The van der Waals surface area contributed by atoms with Crippen molar-refractivity contribution >= 4 is 69.2 Å². The van der Waals surface area contributed by atoms with Gasteiger partial charge in [-0.25, -0.2) is 4.79 Å². The molecule has 0 spiro atoms. The van der Waals surface area contributed by atoms with Gasteiger partial charge in [0.2, 0.25) is 10.8 Å². The quantitative estimate of drug-likeness (QED) is 0.337. The number of nitrogens with zero attached hydrogens (tertiary/aromatic N) is 1. The van der Waals surface area contributed by atoms with Gasteiger partial charge in [-0.1, -0.05) is 74.8 Å². The first-order valence-electron chi connectivity index (χ1n) is 12.9. The molecule has 0 saturated carbocycles. The van der Waals surface area contributed by atoms with E-state index in [0.29, 0.717) is 23.9 Å². The standard InChI is InChI=1S/C30H31ClN2O4S2/c1-29(2,3)17-33-23-12-11-19(31)15-22(23)26(21-10-6-8-18-7-4-5-9-20(18)21)39-24(27(33)35)16-25(34)30(28(36)37)32-13-14-38-30/h4-12,15,24,26,32H,13-14,16-17H2,1-3H3,(H,36,37)/t24?,26?,30-/m1/s1. The van der Waals surface area contributed by atoms with Crippen LogP contribution in [0.5, 0.6) is 0 Å². The number of hydrogen-bond donors (Lipinski definition) is 2. The van der Waals surface area contributed by atoms with Gasteiger partial charge in [0.25, 0.3) is 0 Å². The highest BCUT2D eigenvalue weighted by Gasteiger charge is 2.51. The molecule has 1 saturated heterocycles. The Kier molecular flexibility index (Phi) is 7.76. The Hall–Kier alpha value is -2.52. The minimum absolute atomic E-state index is 0.195. The fourth-order valence-corrected chi connectivity index (χ4v) is 8.06. The van der Waals surface area contributed by atoms with Gasteiger partial charge in [-0.15, -0.1) is 23.5 Å². The van der Waals surface area contributed by atoms with Crippen molar-refractivity contribution in [2.45, 2.75) is 42.6 Å². The Labute approximate surface area is 241 Å². The Morgan fingerprint density at radius 3 is 2.54 bits per heavy atom. The number of thioether (sulfide) groups is 2. The van der Waals surface area contributed by atoms with Crippen molar-refractivity contribution in [2.75, 3.05) is 23.7 Å². The highest BCUT2D eigenvalue weighted by atomic mass is 35.5. The molecule has 2 aliphatic heterocycles. The summed E-state index contributed by atoms with van der Waals surface area (Å²) in [4.78, 5) is 40.2. The zero-order valence-corrected chi connectivity index (χ0v) is 24.5. The first-order chi connectivity index (χ1) is 18.5. The van der Waals surface area contributed by atoms with Crippen LogP contribution in [0.2, 0.25) is 5.02 Å². The van der Waals surface area contributed by atoms with E-state index in [2.05, 4.69) is 50.4 Å². The van der Waals surface area contributed by atoms with E-state index in [4.69, 9.17) is 11.6 Å². The Morgan fingerprint density at radius 2 is 1.85 bits per heavy atom. The van der Waals surface area contributed by atoms with Crippen LogP contribution in [-0.2, 0) is 14.4 Å².